The third-order valence-electron chi connectivity index (χ3n) is 13.5. The van der Waals surface area contributed by atoms with Crippen molar-refractivity contribution in [3.8, 4) is 0 Å². The third-order valence-corrected chi connectivity index (χ3v) is 13.5. The van der Waals surface area contributed by atoms with Crippen LogP contribution in [0.15, 0.2) is 167 Å². The van der Waals surface area contributed by atoms with Gasteiger partial charge in [-0.3, -0.25) is 0 Å². The lowest BCUT2D eigenvalue weighted by atomic mass is 9.98. The molecule has 314 valence electrons. The Morgan fingerprint density at radius 3 is 1.11 bits per heavy atom. The van der Waals surface area contributed by atoms with Gasteiger partial charge in [-0.25, -0.2) is 0 Å². The predicted molar refractivity (Wildman–Crippen MR) is 273 cm³/mol. The van der Waals surface area contributed by atoms with Crippen LogP contribution in [-0.4, -0.2) is 0 Å². The molecule has 0 fully saturated rings. The molecule has 0 amide bonds. The Bertz CT molecular complexity index is 3400. The predicted octanol–water partition coefficient (Wildman–Crippen LogP) is 18.2. The summed E-state index contributed by atoms with van der Waals surface area (Å²) in [5.74, 6) is 0.848. The lowest BCUT2D eigenvalue weighted by Gasteiger charge is -2.29. The zero-order valence-electron chi connectivity index (χ0n) is 37.9. The van der Waals surface area contributed by atoms with Gasteiger partial charge in [0.2, 0.25) is 0 Å². The second kappa shape index (κ2) is 15.2. The van der Waals surface area contributed by atoms with Crippen LogP contribution in [0, 0.1) is 27.7 Å². The molecule has 0 saturated carbocycles. The molecule has 0 aliphatic carbocycles. The van der Waals surface area contributed by atoms with Crippen molar-refractivity contribution in [2.45, 2.75) is 67.2 Å². The molecule has 4 heteroatoms. The van der Waals surface area contributed by atoms with Gasteiger partial charge in [0, 0.05) is 55.7 Å². The van der Waals surface area contributed by atoms with Crippen molar-refractivity contribution < 1.29 is 8.83 Å². The monoisotopic (exact) mass is 832 g/mol. The number of benzene rings is 9. The molecule has 0 atom stereocenters. The first kappa shape index (κ1) is 39.5. The molecule has 2 aromatic heterocycles. The first-order valence-corrected chi connectivity index (χ1v) is 22.6. The number of furan rings is 2. The van der Waals surface area contributed by atoms with Crippen molar-refractivity contribution in [2.24, 2.45) is 0 Å². The van der Waals surface area contributed by atoms with Crippen molar-refractivity contribution in [1.82, 2.24) is 0 Å². The van der Waals surface area contributed by atoms with Crippen LogP contribution in [0.25, 0.3) is 65.4 Å². The molecule has 0 unspecified atom stereocenters. The van der Waals surface area contributed by atoms with Crippen molar-refractivity contribution in [2.75, 3.05) is 9.80 Å². The Kier molecular flexibility index (Phi) is 9.39. The number of fused-ring (bicyclic) bond motifs is 8. The standard InChI is InChI=1S/C60H52N2O2/c1-35(2)41-19-17-39(7)55(29-41)61(53-15-11-9-13-37(53)5)47-23-21-43-27-49-51-33-60-52(34-59(51)63-57(49)31-45(43)25-47)50-28-44-22-24-48(26-46(44)32-58(50)64-60)62(54-16-12-10-14-38(54)6)56-30-42(36(3)4)20-18-40(56)8/h9-36H,1-8H3. The van der Waals surface area contributed by atoms with E-state index in [1.165, 1.54) is 56.1 Å². The summed E-state index contributed by atoms with van der Waals surface area (Å²) in [5, 5.41) is 8.84. The van der Waals surface area contributed by atoms with Crippen LogP contribution >= 0.6 is 0 Å². The maximum atomic E-state index is 6.73. The first-order valence-electron chi connectivity index (χ1n) is 22.6. The van der Waals surface area contributed by atoms with E-state index in [-0.39, 0.29) is 0 Å². The summed E-state index contributed by atoms with van der Waals surface area (Å²) in [7, 11) is 0. The van der Waals surface area contributed by atoms with E-state index in [0.29, 0.717) is 11.8 Å². The molecule has 9 aromatic carbocycles. The highest BCUT2D eigenvalue weighted by molar-refractivity contribution is 6.18. The Morgan fingerprint density at radius 2 is 0.703 bits per heavy atom. The fourth-order valence-corrected chi connectivity index (χ4v) is 9.68. The molecule has 0 saturated heterocycles. The van der Waals surface area contributed by atoms with Gasteiger partial charge in [-0.1, -0.05) is 100 Å². The summed E-state index contributed by atoms with van der Waals surface area (Å²) in [5.41, 5.74) is 18.0. The van der Waals surface area contributed by atoms with Gasteiger partial charge in [-0.2, -0.15) is 0 Å². The SMILES string of the molecule is Cc1ccccc1N(c1ccc2cc3c(cc2c1)oc1cc2c(cc13)oc1cc3cc(N(c4ccccc4C)c4cc(C(C)C)ccc4C)ccc3cc12)c1cc(C(C)C)ccc1C. The van der Waals surface area contributed by atoms with Crippen molar-refractivity contribution in [1.29, 1.82) is 0 Å². The Labute approximate surface area is 375 Å². The van der Waals surface area contributed by atoms with E-state index in [9.17, 15) is 0 Å². The zero-order valence-corrected chi connectivity index (χ0v) is 37.9. The molecule has 0 aliphatic heterocycles. The number of aryl methyl sites for hydroxylation is 4. The lowest BCUT2D eigenvalue weighted by Crippen LogP contribution is -2.13. The summed E-state index contributed by atoms with van der Waals surface area (Å²) in [6.45, 7) is 17.8. The molecular weight excluding hydrogens is 781 g/mol. The van der Waals surface area contributed by atoms with Gasteiger partial charge < -0.3 is 18.6 Å². The van der Waals surface area contributed by atoms with Crippen molar-refractivity contribution >= 4 is 99.5 Å². The van der Waals surface area contributed by atoms with Gasteiger partial charge in [0.15, 0.2) is 0 Å². The van der Waals surface area contributed by atoms with Crippen LogP contribution in [0.1, 0.15) is 72.9 Å². The van der Waals surface area contributed by atoms with E-state index in [2.05, 4.69) is 223 Å². The second-order valence-electron chi connectivity index (χ2n) is 18.5. The van der Waals surface area contributed by atoms with Crippen LogP contribution in [0.3, 0.4) is 0 Å². The summed E-state index contributed by atoms with van der Waals surface area (Å²) >= 11 is 0. The highest BCUT2D eigenvalue weighted by Gasteiger charge is 2.22. The molecule has 4 nitrogen and oxygen atoms in total. The summed E-state index contributed by atoms with van der Waals surface area (Å²) in [4.78, 5) is 4.82. The van der Waals surface area contributed by atoms with E-state index in [1.54, 1.807) is 0 Å². The van der Waals surface area contributed by atoms with Crippen molar-refractivity contribution in [3.05, 3.63) is 191 Å². The van der Waals surface area contributed by atoms with Gasteiger partial charge in [0.25, 0.3) is 0 Å². The summed E-state index contributed by atoms with van der Waals surface area (Å²) in [6.07, 6.45) is 0. The topological polar surface area (TPSA) is 32.8 Å². The van der Waals surface area contributed by atoms with Gasteiger partial charge in [-0.15, -0.1) is 0 Å². The van der Waals surface area contributed by atoms with Gasteiger partial charge in [0.1, 0.15) is 22.3 Å². The smallest absolute Gasteiger partial charge is 0.136 e. The van der Waals surface area contributed by atoms with Crippen LogP contribution < -0.4 is 9.80 Å². The fourth-order valence-electron chi connectivity index (χ4n) is 9.68. The normalized spacial score (nSPS) is 12.0. The number of hydrogen-bond acceptors (Lipinski definition) is 4. The largest absolute Gasteiger partial charge is 0.456 e. The summed E-state index contributed by atoms with van der Waals surface area (Å²) in [6, 6.07) is 57.9. The van der Waals surface area contributed by atoms with Crippen LogP contribution in [0.4, 0.5) is 34.1 Å². The minimum atomic E-state index is 0.424. The Morgan fingerprint density at radius 1 is 0.328 bits per heavy atom. The average Bonchev–Trinajstić information content (AvgIpc) is 3.81. The van der Waals surface area contributed by atoms with Gasteiger partial charge in [-0.05, 0) is 179 Å². The molecule has 2 heterocycles. The molecule has 0 spiro atoms. The molecule has 0 N–H and O–H groups in total. The maximum absolute atomic E-state index is 6.73. The fraction of sp³-hybridized carbons (Fsp3) is 0.167. The van der Waals surface area contributed by atoms with Gasteiger partial charge in [0.05, 0.1) is 0 Å². The first-order chi connectivity index (χ1) is 31.0. The minimum absolute atomic E-state index is 0.424. The Hall–Kier alpha value is -7.30. The number of nitrogens with zero attached hydrogens (tertiary/aromatic N) is 2. The molecule has 0 bridgehead atoms. The second-order valence-corrected chi connectivity index (χ2v) is 18.5. The highest BCUT2D eigenvalue weighted by atomic mass is 16.3. The number of hydrogen-bond donors (Lipinski definition) is 0. The molecule has 11 rings (SSSR count). The zero-order chi connectivity index (χ0) is 44.0. The molecule has 0 aliphatic rings. The number of para-hydroxylation sites is 2. The van der Waals surface area contributed by atoms with Crippen LogP contribution in [0.5, 0.6) is 0 Å². The molecule has 11 aromatic rings. The lowest BCUT2D eigenvalue weighted by molar-refractivity contribution is 0.664. The van der Waals surface area contributed by atoms with E-state index in [1.807, 2.05) is 0 Å². The number of anilines is 6. The quantitative estimate of drug-likeness (QED) is 0.153. The van der Waals surface area contributed by atoms with Crippen molar-refractivity contribution in [3.63, 3.8) is 0 Å². The molecular formula is C60H52N2O2. The third kappa shape index (κ3) is 6.59. The van der Waals surface area contributed by atoms with Crippen LogP contribution in [0.2, 0.25) is 0 Å². The van der Waals surface area contributed by atoms with Gasteiger partial charge >= 0.3 is 0 Å². The number of rotatable bonds is 8. The summed E-state index contributed by atoms with van der Waals surface area (Å²) < 4.78 is 13.5. The molecule has 64 heavy (non-hydrogen) atoms. The maximum Gasteiger partial charge on any atom is 0.136 e. The average molecular weight is 833 g/mol. The van der Waals surface area contributed by atoms with E-state index >= 15 is 0 Å². The van der Waals surface area contributed by atoms with E-state index in [0.717, 1.165) is 76.8 Å². The highest BCUT2D eigenvalue weighted by Crippen LogP contribution is 2.45. The minimum Gasteiger partial charge on any atom is -0.456 e. The van der Waals surface area contributed by atoms with E-state index in [4.69, 9.17) is 8.83 Å². The van der Waals surface area contributed by atoms with Crippen LogP contribution in [-0.2, 0) is 0 Å². The Balaban J connectivity index is 1.01. The van der Waals surface area contributed by atoms with E-state index < -0.39 is 0 Å². The molecule has 0 radical (unpaired) electrons.